The molecule has 1 aromatic rings. The number of nitrogens with one attached hydrogen (secondary N) is 2. The summed E-state index contributed by atoms with van der Waals surface area (Å²) >= 11 is 0. The third-order valence-electron chi connectivity index (χ3n) is 3.39. The Labute approximate surface area is 102 Å². The molecule has 94 valence electrons. The molecule has 0 radical (unpaired) electrons. The van der Waals surface area contributed by atoms with Crippen molar-refractivity contribution >= 4 is 5.91 Å². The van der Waals surface area contributed by atoms with E-state index in [0.29, 0.717) is 6.04 Å². The van der Waals surface area contributed by atoms with Crippen molar-refractivity contribution in [1.82, 2.24) is 20.4 Å². The van der Waals surface area contributed by atoms with Gasteiger partial charge in [-0.3, -0.25) is 9.48 Å². The number of hydrogen-bond donors (Lipinski definition) is 2. The van der Waals surface area contributed by atoms with Gasteiger partial charge in [-0.05, 0) is 39.3 Å². The van der Waals surface area contributed by atoms with E-state index in [9.17, 15) is 4.79 Å². The van der Waals surface area contributed by atoms with Crippen LogP contribution in [0.3, 0.4) is 0 Å². The van der Waals surface area contributed by atoms with Crippen molar-refractivity contribution in [3.8, 4) is 0 Å². The van der Waals surface area contributed by atoms with Crippen LogP contribution < -0.4 is 10.6 Å². The predicted octanol–water partition coefficient (Wildman–Crippen LogP) is 0.701. The highest BCUT2D eigenvalue weighted by atomic mass is 16.2. The summed E-state index contributed by atoms with van der Waals surface area (Å²) in [5.74, 6) is 0.0363. The van der Waals surface area contributed by atoms with E-state index in [1.54, 1.807) is 10.9 Å². The van der Waals surface area contributed by atoms with Crippen LogP contribution in [-0.4, -0.2) is 34.3 Å². The van der Waals surface area contributed by atoms with Gasteiger partial charge in [0.1, 0.15) is 6.04 Å². The van der Waals surface area contributed by atoms with Gasteiger partial charge in [0.15, 0.2) is 0 Å². The van der Waals surface area contributed by atoms with Gasteiger partial charge in [-0.15, -0.1) is 0 Å². The smallest absolute Gasteiger partial charge is 0.244 e. The summed E-state index contributed by atoms with van der Waals surface area (Å²) in [5, 5.41) is 10.6. The molecule has 17 heavy (non-hydrogen) atoms. The topological polar surface area (TPSA) is 58.9 Å². The number of piperidine rings is 1. The molecule has 0 aliphatic carbocycles. The van der Waals surface area contributed by atoms with Gasteiger partial charge in [0, 0.05) is 24.5 Å². The zero-order chi connectivity index (χ0) is 12.3. The first kappa shape index (κ1) is 12.1. The molecule has 0 bridgehead atoms. The Morgan fingerprint density at radius 3 is 3.12 bits per heavy atom. The van der Waals surface area contributed by atoms with Gasteiger partial charge >= 0.3 is 0 Å². The number of carbonyl (C=O) groups excluding carboxylic acids is 1. The average Bonchev–Trinajstić information content (AvgIpc) is 2.84. The van der Waals surface area contributed by atoms with Crippen molar-refractivity contribution in [2.75, 3.05) is 6.54 Å². The maximum absolute atomic E-state index is 12.1. The van der Waals surface area contributed by atoms with Gasteiger partial charge in [0.05, 0.1) is 0 Å². The molecule has 3 unspecified atom stereocenters. The molecule has 1 aliphatic rings. The summed E-state index contributed by atoms with van der Waals surface area (Å²) in [6.07, 6.45) is 5.67. The molecule has 1 aliphatic heterocycles. The quantitative estimate of drug-likeness (QED) is 0.812. The molecule has 1 saturated heterocycles. The number of carbonyl (C=O) groups is 1. The van der Waals surface area contributed by atoms with Gasteiger partial charge in [-0.1, -0.05) is 0 Å². The normalized spacial score (nSPS) is 26.5. The molecule has 1 aromatic heterocycles. The Bertz CT molecular complexity index is 363. The van der Waals surface area contributed by atoms with Crippen molar-refractivity contribution < 1.29 is 4.79 Å². The number of hydrogen-bond acceptors (Lipinski definition) is 3. The van der Waals surface area contributed by atoms with Crippen LogP contribution in [-0.2, 0) is 4.79 Å². The molecule has 3 atom stereocenters. The Kier molecular flexibility index (Phi) is 3.78. The third kappa shape index (κ3) is 2.85. The van der Waals surface area contributed by atoms with Gasteiger partial charge in [0.2, 0.25) is 5.91 Å². The molecule has 5 nitrogen and oxygen atoms in total. The van der Waals surface area contributed by atoms with Crippen LogP contribution in [0.5, 0.6) is 0 Å². The van der Waals surface area contributed by atoms with E-state index in [2.05, 4.69) is 22.7 Å². The SMILES string of the molecule is CC1NCCCC1NC(=O)C(C)n1cccn1. The van der Waals surface area contributed by atoms with E-state index in [1.807, 2.05) is 19.2 Å². The lowest BCUT2D eigenvalue weighted by molar-refractivity contribution is -0.125. The predicted molar refractivity (Wildman–Crippen MR) is 65.6 cm³/mol. The molecule has 2 N–H and O–H groups in total. The number of amides is 1. The second kappa shape index (κ2) is 5.31. The summed E-state index contributed by atoms with van der Waals surface area (Å²) in [7, 11) is 0. The van der Waals surface area contributed by atoms with Crippen molar-refractivity contribution in [1.29, 1.82) is 0 Å². The molecular formula is C12H20N4O. The van der Waals surface area contributed by atoms with Crippen molar-refractivity contribution in [2.24, 2.45) is 0 Å². The van der Waals surface area contributed by atoms with Gasteiger partial charge < -0.3 is 10.6 Å². The summed E-state index contributed by atoms with van der Waals surface area (Å²) in [6.45, 7) is 5.02. The lowest BCUT2D eigenvalue weighted by Crippen LogP contribution is -2.53. The summed E-state index contributed by atoms with van der Waals surface area (Å²) in [4.78, 5) is 12.1. The van der Waals surface area contributed by atoms with E-state index >= 15 is 0 Å². The molecular weight excluding hydrogens is 216 g/mol. The fraction of sp³-hybridized carbons (Fsp3) is 0.667. The molecule has 0 saturated carbocycles. The minimum atomic E-state index is -0.251. The molecule has 2 heterocycles. The molecule has 0 aromatic carbocycles. The van der Waals surface area contributed by atoms with Crippen LogP contribution >= 0.6 is 0 Å². The lowest BCUT2D eigenvalue weighted by Gasteiger charge is -2.31. The van der Waals surface area contributed by atoms with Crippen molar-refractivity contribution in [3.63, 3.8) is 0 Å². The Hall–Kier alpha value is -1.36. The Morgan fingerprint density at radius 2 is 2.47 bits per heavy atom. The van der Waals surface area contributed by atoms with Crippen molar-refractivity contribution in [2.45, 2.75) is 44.8 Å². The first-order valence-corrected chi connectivity index (χ1v) is 6.21. The van der Waals surface area contributed by atoms with E-state index < -0.39 is 0 Å². The largest absolute Gasteiger partial charge is 0.350 e. The summed E-state index contributed by atoms with van der Waals surface area (Å²) in [6, 6.07) is 2.15. The van der Waals surface area contributed by atoms with Crippen LogP contribution in [0.1, 0.15) is 32.7 Å². The molecule has 5 heteroatoms. The number of nitrogens with zero attached hydrogens (tertiary/aromatic N) is 2. The van der Waals surface area contributed by atoms with Gasteiger partial charge in [0.25, 0.3) is 0 Å². The summed E-state index contributed by atoms with van der Waals surface area (Å²) < 4.78 is 1.68. The van der Waals surface area contributed by atoms with Crippen LogP contribution in [0, 0.1) is 0 Å². The van der Waals surface area contributed by atoms with E-state index in [1.165, 1.54) is 0 Å². The van der Waals surface area contributed by atoms with E-state index in [0.717, 1.165) is 19.4 Å². The van der Waals surface area contributed by atoms with Crippen molar-refractivity contribution in [3.05, 3.63) is 18.5 Å². The molecule has 1 fully saturated rings. The summed E-state index contributed by atoms with van der Waals surface area (Å²) in [5.41, 5.74) is 0. The molecule has 2 rings (SSSR count). The van der Waals surface area contributed by atoms with Crippen LogP contribution in [0.15, 0.2) is 18.5 Å². The number of rotatable bonds is 3. The second-order valence-corrected chi connectivity index (χ2v) is 4.66. The third-order valence-corrected chi connectivity index (χ3v) is 3.39. The highest BCUT2D eigenvalue weighted by Crippen LogP contribution is 2.10. The van der Waals surface area contributed by atoms with Gasteiger partial charge in [-0.25, -0.2) is 0 Å². The second-order valence-electron chi connectivity index (χ2n) is 4.66. The Morgan fingerprint density at radius 1 is 1.65 bits per heavy atom. The molecule has 0 spiro atoms. The van der Waals surface area contributed by atoms with Crippen LogP contribution in [0.25, 0.3) is 0 Å². The monoisotopic (exact) mass is 236 g/mol. The molecule has 1 amide bonds. The zero-order valence-electron chi connectivity index (χ0n) is 10.4. The highest BCUT2D eigenvalue weighted by molar-refractivity contribution is 5.80. The van der Waals surface area contributed by atoms with Gasteiger partial charge in [-0.2, -0.15) is 5.10 Å². The minimum Gasteiger partial charge on any atom is -0.350 e. The maximum atomic E-state index is 12.1. The number of aromatic nitrogens is 2. The zero-order valence-corrected chi connectivity index (χ0v) is 10.4. The first-order chi connectivity index (χ1) is 8.18. The van der Waals surface area contributed by atoms with E-state index in [-0.39, 0.29) is 18.0 Å². The first-order valence-electron chi connectivity index (χ1n) is 6.21. The fourth-order valence-electron chi connectivity index (χ4n) is 2.17. The maximum Gasteiger partial charge on any atom is 0.244 e. The van der Waals surface area contributed by atoms with E-state index in [4.69, 9.17) is 0 Å². The Balaban J connectivity index is 1.92. The van der Waals surface area contributed by atoms with Crippen LogP contribution in [0.4, 0.5) is 0 Å². The fourth-order valence-corrected chi connectivity index (χ4v) is 2.17. The van der Waals surface area contributed by atoms with Crippen LogP contribution in [0.2, 0.25) is 0 Å². The highest BCUT2D eigenvalue weighted by Gasteiger charge is 2.25. The lowest BCUT2D eigenvalue weighted by atomic mass is 9.99. The minimum absolute atomic E-state index is 0.0363. The average molecular weight is 236 g/mol. The standard InChI is InChI=1S/C12H20N4O/c1-9-11(5-3-6-13-9)15-12(17)10(2)16-8-4-7-14-16/h4,7-11,13H,3,5-6H2,1-2H3,(H,15,17).